The highest BCUT2D eigenvalue weighted by Crippen LogP contribution is 2.32. The Kier molecular flexibility index (Phi) is 9.07. The van der Waals surface area contributed by atoms with E-state index in [2.05, 4.69) is 60.6 Å². The number of nitrogens with one attached hydrogen (secondary N) is 2. The molecule has 3 aromatic rings. The number of hydrogen-bond donors (Lipinski definition) is 2. The number of likely N-dealkylation sites (N-methyl/N-ethyl adjacent to an activating group) is 1. The second-order valence-corrected chi connectivity index (χ2v) is 11.5. The average molecular weight is 506 g/mol. The van der Waals surface area contributed by atoms with Crippen LogP contribution in [0.5, 0.6) is 0 Å². The topological polar surface area (TPSA) is 73.2 Å². The highest BCUT2D eigenvalue weighted by atomic mass is 32.2. The molecule has 1 fully saturated rings. The van der Waals surface area contributed by atoms with Crippen molar-refractivity contribution in [2.45, 2.75) is 55.8 Å². The van der Waals surface area contributed by atoms with Gasteiger partial charge in [0.2, 0.25) is 11.5 Å². The number of hydrogen-bond acceptors (Lipinski definition) is 7. The first-order chi connectivity index (χ1) is 17.4. The Morgan fingerprint density at radius 2 is 1.81 bits per heavy atom. The summed E-state index contributed by atoms with van der Waals surface area (Å²) in [5.74, 6) is 0.844. The van der Waals surface area contributed by atoms with Gasteiger partial charge in [0.1, 0.15) is 0 Å². The fourth-order valence-corrected chi connectivity index (χ4v) is 4.73. The second kappa shape index (κ2) is 12.4. The van der Waals surface area contributed by atoms with Crippen molar-refractivity contribution in [1.82, 2.24) is 24.9 Å². The zero-order valence-corrected chi connectivity index (χ0v) is 22.5. The number of nitroso groups, excluding NO2 is 1. The van der Waals surface area contributed by atoms with Crippen LogP contribution in [0.15, 0.2) is 59.6 Å². The fourth-order valence-electron chi connectivity index (χ4n) is 3.89. The normalized spacial score (nSPS) is 13.7. The summed E-state index contributed by atoms with van der Waals surface area (Å²) >= 11 is 1.82. The van der Waals surface area contributed by atoms with Gasteiger partial charge in [0.25, 0.3) is 0 Å². The van der Waals surface area contributed by atoms with Gasteiger partial charge in [-0.3, -0.25) is 0 Å². The molecule has 0 saturated heterocycles. The Bertz CT molecular complexity index is 1140. The zero-order chi connectivity index (χ0) is 25.5. The summed E-state index contributed by atoms with van der Waals surface area (Å²) in [6.07, 6.45) is 5.13. The molecule has 1 heterocycles. The number of aromatic nitrogens is 2. The number of thioether (sulfide) groups is 1. The first-order valence-corrected chi connectivity index (χ1v) is 13.6. The van der Waals surface area contributed by atoms with Gasteiger partial charge in [-0.1, -0.05) is 30.9 Å². The third kappa shape index (κ3) is 7.12. The van der Waals surface area contributed by atoms with E-state index in [1.165, 1.54) is 11.3 Å². The highest BCUT2D eigenvalue weighted by Gasteiger charge is 2.29. The van der Waals surface area contributed by atoms with Crippen molar-refractivity contribution in [3.63, 3.8) is 0 Å². The van der Waals surface area contributed by atoms with Crippen LogP contribution in [0.4, 0.5) is 17.3 Å². The van der Waals surface area contributed by atoms with Crippen LogP contribution in [0, 0.1) is 4.91 Å². The highest BCUT2D eigenvalue weighted by molar-refractivity contribution is 7.99. The minimum Gasteiger partial charge on any atom is -0.360 e. The molecule has 8 heteroatoms. The molecule has 190 valence electrons. The Morgan fingerprint density at radius 3 is 2.42 bits per heavy atom. The minimum atomic E-state index is 0.303. The zero-order valence-electron chi connectivity index (χ0n) is 21.7. The summed E-state index contributed by atoms with van der Waals surface area (Å²) in [6.45, 7) is 7.03. The van der Waals surface area contributed by atoms with Gasteiger partial charge >= 0.3 is 5.82 Å². The first kappa shape index (κ1) is 26.3. The van der Waals surface area contributed by atoms with Gasteiger partial charge in [0.05, 0.1) is 6.20 Å². The summed E-state index contributed by atoms with van der Waals surface area (Å²) in [7, 11) is 4.12. The van der Waals surface area contributed by atoms with Gasteiger partial charge < -0.3 is 15.5 Å². The van der Waals surface area contributed by atoms with Gasteiger partial charge in [0, 0.05) is 46.1 Å². The lowest BCUT2D eigenvalue weighted by Crippen LogP contribution is -2.28. The summed E-state index contributed by atoms with van der Waals surface area (Å²) in [5, 5.41) is 7.38. The van der Waals surface area contributed by atoms with E-state index in [9.17, 15) is 4.91 Å². The van der Waals surface area contributed by atoms with Crippen LogP contribution >= 0.6 is 11.8 Å². The third-order valence-corrected chi connectivity index (χ3v) is 7.17. The molecule has 2 aromatic carbocycles. The van der Waals surface area contributed by atoms with Crippen molar-refractivity contribution in [3.05, 3.63) is 65.2 Å². The standard InChI is InChI=1S/C28H37N6OS/c1-20(2)36-25-14-10-22(11-15-25)26-19-30-27(31-23-6-5-7-23)28(32-26)34(35)24-12-8-21(9-13-24)18-29-16-17-33(3)4/h8-15,19-20,23,29H,5-7,16-18H2,1-4H3,(H,30,31)/q+1. The van der Waals surface area contributed by atoms with E-state index in [1.807, 2.05) is 48.2 Å². The molecular weight excluding hydrogens is 468 g/mol. The van der Waals surface area contributed by atoms with Gasteiger partial charge in [-0.15, -0.1) is 11.8 Å². The summed E-state index contributed by atoms with van der Waals surface area (Å²) in [6, 6.07) is 16.3. The van der Waals surface area contributed by atoms with Crippen LogP contribution in [0.1, 0.15) is 38.7 Å². The maximum Gasteiger partial charge on any atom is 0.410 e. The van der Waals surface area contributed by atoms with Crippen molar-refractivity contribution < 1.29 is 0 Å². The monoisotopic (exact) mass is 505 g/mol. The van der Waals surface area contributed by atoms with E-state index < -0.39 is 0 Å². The molecule has 0 spiro atoms. The predicted molar refractivity (Wildman–Crippen MR) is 151 cm³/mol. The summed E-state index contributed by atoms with van der Waals surface area (Å²) in [4.78, 5) is 26.3. The minimum absolute atomic E-state index is 0.303. The Hall–Kier alpha value is -2.81. The number of benzene rings is 2. The third-order valence-electron chi connectivity index (χ3n) is 6.15. The Morgan fingerprint density at radius 1 is 1.08 bits per heavy atom. The SMILES string of the molecule is CC(C)Sc1ccc(-c2cnc(NC3CCC3)c([N+](=O)c3ccc(CNCCN(C)C)cc3)n2)cc1. The molecule has 7 nitrogen and oxygen atoms in total. The van der Waals surface area contributed by atoms with E-state index in [4.69, 9.17) is 4.98 Å². The molecule has 0 atom stereocenters. The van der Waals surface area contributed by atoms with Gasteiger partial charge in [0.15, 0.2) is 5.69 Å². The van der Waals surface area contributed by atoms with Gasteiger partial charge in [-0.25, -0.2) is 4.98 Å². The number of nitrogens with zero attached hydrogens (tertiary/aromatic N) is 4. The molecule has 1 aliphatic rings. The summed E-state index contributed by atoms with van der Waals surface area (Å²) < 4.78 is 0.893. The van der Waals surface area contributed by atoms with E-state index in [1.54, 1.807) is 6.20 Å². The van der Waals surface area contributed by atoms with E-state index in [-0.39, 0.29) is 0 Å². The van der Waals surface area contributed by atoms with Crippen molar-refractivity contribution in [2.75, 3.05) is 32.5 Å². The average Bonchev–Trinajstić information content (AvgIpc) is 2.84. The molecule has 0 bridgehead atoms. The van der Waals surface area contributed by atoms with Crippen molar-refractivity contribution in [2.24, 2.45) is 0 Å². The molecule has 36 heavy (non-hydrogen) atoms. The molecule has 1 aliphatic carbocycles. The fraction of sp³-hybridized carbons (Fsp3) is 0.429. The van der Waals surface area contributed by atoms with Crippen LogP contribution in [0.2, 0.25) is 0 Å². The van der Waals surface area contributed by atoms with Gasteiger partial charge in [-0.05, 0) is 80.3 Å². The number of rotatable bonds is 12. The number of anilines is 1. The van der Waals surface area contributed by atoms with Crippen LogP contribution in [-0.4, -0.2) is 53.3 Å². The van der Waals surface area contributed by atoms with E-state index in [0.29, 0.717) is 34.3 Å². The van der Waals surface area contributed by atoms with E-state index in [0.717, 1.165) is 48.4 Å². The van der Waals surface area contributed by atoms with Crippen molar-refractivity contribution in [3.8, 4) is 11.3 Å². The summed E-state index contributed by atoms with van der Waals surface area (Å²) in [5.41, 5.74) is 3.31. The maximum absolute atomic E-state index is 13.5. The van der Waals surface area contributed by atoms with Crippen LogP contribution in [0.3, 0.4) is 0 Å². The van der Waals surface area contributed by atoms with Crippen LogP contribution in [0.25, 0.3) is 11.3 Å². The molecule has 1 saturated carbocycles. The smallest absolute Gasteiger partial charge is 0.360 e. The molecule has 0 amide bonds. The molecule has 0 radical (unpaired) electrons. The molecule has 0 aliphatic heterocycles. The lowest BCUT2D eigenvalue weighted by molar-refractivity contribution is 0.400. The van der Waals surface area contributed by atoms with Gasteiger partial charge in [-0.2, -0.15) is 0 Å². The van der Waals surface area contributed by atoms with Crippen molar-refractivity contribution >= 4 is 29.1 Å². The van der Waals surface area contributed by atoms with E-state index >= 15 is 0 Å². The lowest BCUT2D eigenvalue weighted by Gasteiger charge is -2.26. The molecule has 4 rings (SSSR count). The Balaban J connectivity index is 1.54. The van der Waals surface area contributed by atoms with Crippen molar-refractivity contribution in [1.29, 1.82) is 0 Å². The quantitative estimate of drug-likeness (QED) is 0.181. The molecule has 1 aromatic heterocycles. The molecule has 2 N–H and O–H groups in total. The van der Waals surface area contributed by atoms with Crippen LogP contribution in [-0.2, 0) is 6.54 Å². The molecule has 0 unspecified atom stereocenters. The Labute approximate surface area is 218 Å². The molecular formula is C28H37N6OS+. The van der Waals surface area contributed by atoms with Crippen LogP contribution < -0.4 is 15.4 Å². The predicted octanol–water partition coefficient (Wildman–Crippen LogP) is 5.86. The largest absolute Gasteiger partial charge is 0.410 e. The first-order valence-electron chi connectivity index (χ1n) is 12.7. The lowest BCUT2D eigenvalue weighted by atomic mass is 9.93. The second-order valence-electron chi connectivity index (χ2n) is 9.83. The maximum atomic E-state index is 13.5.